The number of carbonyl (C=O) groups excluding carboxylic acids is 2. The van der Waals surface area contributed by atoms with E-state index in [0.717, 1.165) is 41.2 Å². The van der Waals surface area contributed by atoms with E-state index in [9.17, 15) is 37.0 Å². The van der Waals surface area contributed by atoms with Crippen LogP contribution >= 0.6 is 46.9 Å². The Morgan fingerprint density at radius 1 is 0.392 bits per heavy atom. The molecule has 534 valence electrons. The fourth-order valence-corrected chi connectivity index (χ4v) is 19.5. The fraction of sp³-hybridized carbons (Fsp3) is 0.574. The fourth-order valence-electron chi connectivity index (χ4n) is 11.0. The number of carbonyl (C=O) groups is 2. The van der Waals surface area contributed by atoms with Crippen LogP contribution in [0, 0.1) is 17.8 Å². The van der Waals surface area contributed by atoms with Gasteiger partial charge in [-0.15, -0.1) is 0 Å². The molecule has 12 bridgehead atoms. The van der Waals surface area contributed by atoms with Crippen LogP contribution in [0.2, 0.25) is 0 Å². The van der Waals surface area contributed by atoms with Gasteiger partial charge >= 0.3 is 46.9 Å². The molecule has 36 heteroatoms. The van der Waals surface area contributed by atoms with Crippen LogP contribution in [0.5, 0.6) is 17.2 Å². The highest BCUT2D eigenvalue weighted by Crippen LogP contribution is 2.64. The molecule has 18 saturated heterocycles. The average Bonchev–Trinajstić information content (AvgIpc) is 0.813. The molecule has 30 nitrogen and oxygen atoms in total. The second-order valence-corrected chi connectivity index (χ2v) is 34.8. The van der Waals surface area contributed by atoms with E-state index < -0.39 is 74.6 Å². The minimum Gasteiger partial charge on any atom is -0.497 e. The van der Waals surface area contributed by atoms with Crippen LogP contribution < -0.4 is 14.2 Å². The third-order valence-corrected chi connectivity index (χ3v) is 25.0. The van der Waals surface area contributed by atoms with E-state index in [2.05, 4.69) is 6.92 Å². The predicted molar refractivity (Wildman–Crippen MR) is 340 cm³/mol. The summed E-state index contributed by atoms with van der Waals surface area (Å²) < 4.78 is 182. The van der Waals surface area contributed by atoms with Crippen molar-refractivity contribution in [1.29, 1.82) is 0 Å². The van der Waals surface area contributed by atoms with Crippen LogP contribution in [0.25, 0.3) is 0 Å². The first kappa shape index (κ1) is 74.4. The number of methoxy groups -OCH3 is 1. The van der Waals surface area contributed by atoms with Gasteiger partial charge in [-0.1, -0.05) is 105 Å². The molecule has 18 aliphatic heterocycles. The van der Waals surface area contributed by atoms with Crippen LogP contribution in [0.1, 0.15) is 73.9 Å². The number of rotatable bonds is 17. The van der Waals surface area contributed by atoms with Gasteiger partial charge in [0.15, 0.2) is 17.0 Å². The number of benzene rings is 4. The van der Waals surface area contributed by atoms with Crippen molar-refractivity contribution in [3.63, 3.8) is 0 Å². The van der Waals surface area contributed by atoms with E-state index in [1.54, 1.807) is 31.4 Å². The number of fused-ring (bicyclic) bond motifs is 18. The third-order valence-electron chi connectivity index (χ3n) is 17.0. The summed E-state index contributed by atoms with van der Waals surface area (Å²) in [6, 6.07) is 33.6. The maximum Gasteiger partial charge on any atom is 0.475 e. The number of hydrogen-bond acceptors (Lipinski definition) is 30. The zero-order chi connectivity index (χ0) is 68.6. The molecule has 22 rings (SSSR count). The van der Waals surface area contributed by atoms with Gasteiger partial charge in [-0.3, -0.25) is 91.0 Å². The van der Waals surface area contributed by atoms with Crippen molar-refractivity contribution in [2.24, 2.45) is 10.8 Å². The zero-order valence-corrected chi connectivity index (χ0v) is 59.4. The topological polar surface area (TPSA) is 340 Å². The van der Waals surface area contributed by atoms with Gasteiger partial charge in [-0.05, 0) is 67.8 Å². The molecule has 97 heavy (non-hydrogen) atoms. The Morgan fingerprint density at radius 3 is 1.20 bits per heavy atom. The molecule has 0 amide bonds. The summed E-state index contributed by atoms with van der Waals surface area (Å²) in [5, 5.41) is 0. The van der Waals surface area contributed by atoms with Crippen LogP contribution in [0.3, 0.4) is 0 Å². The van der Waals surface area contributed by atoms with E-state index in [4.69, 9.17) is 100 Å². The normalized spacial score (nSPS) is 37.2. The van der Waals surface area contributed by atoms with Crippen molar-refractivity contribution in [2.45, 2.75) is 81.5 Å². The zero-order valence-electron chi connectivity index (χ0n) is 54.0. The minimum atomic E-state index is -3.35. The van der Waals surface area contributed by atoms with Gasteiger partial charge in [0.25, 0.3) is 0 Å². The highest BCUT2D eigenvalue weighted by Gasteiger charge is 2.58. The number of hydrogen-bond donors (Lipinski definition) is 0. The first-order valence-electron chi connectivity index (χ1n) is 31.5. The summed E-state index contributed by atoms with van der Waals surface area (Å²) in [6.07, 6.45) is 6.11. The second-order valence-electron chi connectivity index (χ2n) is 24.8. The molecule has 0 N–H and O–H groups in total. The number of phosphoric ester groups is 6. The lowest BCUT2D eigenvalue weighted by atomic mass is 9.82. The molecule has 0 aliphatic carbocycles. The largest absolute Gasteiger partial charge is 0.497 e. The van der Waals surface area contributed by atoms with Crippen LogP contribution in [0.4, 0.5) is 0 Å². The first-order chi connectivity index (χ1) is 46.4. The number of Topliss-reactive ketones (excluding diaryl/α,β-unsaturated/α-hetero) is 2. The molecular weight excluding hydrogens is 1400 g/mol. The number of aryl methyl sites for hydroxylation is 1. The number of phosphoric acid groups is 6. The summed E-state index contributed by atoms with van der Waals surface area (Å²) >= 11 is 0. The molecule has 0 unspecified atom stereocenters. The molecule has 0 radical (unpaired) electrons. The summed E-state index contributed by atoms with van der Waals surface area (Å²) in [5.41, 5.74) is -1.11. The number of unbranched alkanes of at least 4 members (excludes halogenated alkanes) is 4. The molecule has 0 atom stereocenters. The van der Waals surface area contributed by atoms with Crippen molar-refractivity contribution in [1.82, 2.24) is 0 Å². The van der Waals surface area contributed by atoms with Crippen molar-refractivity contribution in [3.8, 4) is 17.2 Å². The lowest BCUT2D eigenvalue weighted by Gasteiger charge is -2.44. The highest BCUT2D eigenvalue weighted by molar-refractivity contribution is 7.50. The van der Waals surface area contributed by atoms with Crippen molar-refractivity contribution >= 4 is 58.5 Å². The van der Waals surface area contributed by atoms with Crippen molar-refractivity contribution < 1.29 is 137 Å². The average molecular weight is 1480 g/mol. The maximum absolute atomic E-state index is 12.4. The Morgan fingerprint density at radius 2 is 0.763 bits per heavy atom. The van der Waals surface area contributed by atoms with Crippen LogP contribution in [0.15, 0.2) is 109 Å². The lowest BCUT2D eigenvalue weighted by Crippen LogP contribution is -2.55. The molecule has 0 saturated carbocycles. The number of ketones is 2. The SMILES string of the molecule is CCCCCCCC(=O)C12COP(=O)(OC1)OC2.CCOC12COP(=O)(OC1)OC2.COc1cccc(C23COP(=O)(OC2)OC3)c1.Cc1cccc(OC23COP(=O)(OC2)OC3)c1.O=C(c1ccccc1)C12COP(=O)(OC1)OC2.O=P12OCC(Oc3ccccc3)(CO1)CO2. The van der Waals surface area contributed by atoms with Gasteiger partial charge in [0.2, 0.25) is 0 Å². The number of para-hydroxylation sites is 1. The van der Waals surface area contributed by atoms with Crippen LogP contribution in [-0.4, -0.2) is 161 Å². The Hall–Kier alpha value is -3.76. The Bertz CT molecular complexity index is 3500. The van der Waals surface area contributed by atoms with E-state index >= 15 is 0 Å². The lowest BCUT2D eigenvalue weighted by molar-refractivity contribution is -0.180. The van der Waals surface area contributed by atoms with Crippen molar-refractivity contribution in [3.05, 3.63) is 126 Å². The summed E-state index contributed by atoms with van der Waals surface area (Å²) in [6.45, 7) is 10.8. The summed E-state index contributed by atoms with van der Waals surface area (Å²) in [5.74, 6) is 2.25. The van der Waals surface area contributed by atoms with E-state index in [1.165, 1.54) is 19.3 Å². The van der Waals surface area contributed by atoms with E-state index in [1.807, 2.05) is 98.8 Å². The van der Waals surface area contributed by atoms with E-state index in [0.29, 0.717) is 58.2 Å². The van der Waals surface area contributed by atoms with E-state index in [-0.39, 0.29) is 96.3 Å². The van der Waals surface area contributed by atoms with Crippen LogP contribution in [-0.2, 0) is 124 Å². The molecule has 18 heterocycles. The molecule has 4 aromatic carbocycles. The molecule has 18 fully saturated rings. The first-order valence-corrected chi connectivity index (χ1v) is 40.3. The molecule has 0 spiro atoms. The Balaban J connectivity index is 0.000000118. The highest BCUT2D eigenvalue weighted by atomic mass is 31.2. The Labute approximate surface area is 561 Å². The summed E-state index contributed by atoms with van der Waals surface area (Å²) in [4.78, 5) is 24.5. The predicted octanol–water partition coefficient (Wildman–Crippen LogP) is 12.5. The van der Waals surface area contributed by atoms with Gasteiger partial charge < -0.3 is 18.9 Å². The standard InChI is InChI=1S/C12H21O5P.2C11H13O5P.C11H11O5P.C10H11O5P.C6H11O5P/c1-2-3-4-5-6-7-11(13)12-8-15-18(14,16-9-12)17-10-12;1-13-10-4-2-3-9(5-10)11-6-14-17(12,15-7-11)16-8-11;1-9-3-2-4-10(5-9)16-11-6-13-17(12,14-7-11)15-8-11;12-10(9-4-2-1-3-5-9)11-6-14-17(13,15-7-11)16-8-11;11-16-12-6-10(7-13-16,8-14-16)15-9-4-2-1-3-5-9;1-2-8-6-3-9-12(7,10-4-6)11-5-6/h2-10H2,1H3;2*2-5H,6-8H2,1H3;1-5H,6-8H2;1-5H,6-8H2;2-5H2,1H3. The smallest absolute Gasteiger partial charge is 0.475 e. The Kier molecular flexibility index (Phi) is 23.8. The van der Waals surface area contributed by atoms with Gasteiger partial charge in [0, 0.05) is 18.6 Å². The van der Waals surface area contributed by atoms with Gasteiger partial charge in [0.1, 0.15) is 79.1 Å². The molecular formula is C61H80O30P6. The maximum atomic E-state index is 12.4. The van der Waals surface area contributed by atoms with Gasteiger partial charge in [-0.25, -0.2) is 27.4 Å². The third kappa shape index (κ3) is 18.2. The molecule has 4 aromatic rings. The molecule has 0 aromatic heterocycles. The van der Waals surface area contributed by atoms with Gasteiger partial charge in [0.05, 0.1) is 91.8 Å². The van der Waals surface area contributed by atoms with Gasteiger partial charge in [-0.2, -0.15) is 0 Å². The second kappa shape index (κ2) is 31.1. The monoisotopic (exact) mass is 1480 g/mol. The molecule has 18 aliphatic rings. The number of ether oxygens (including phenoxy) is 4. The summed E-state index contributed by atoms with van der Waals surface area (Å²) in [7, 11) is -18.0. The quantitative estimate of drug-likeness (QED) is 0.0538. The van der Waals surface area contributed by atoms with Crippen molar-refractivity contribution in [2.75, 3.05) is 133 Å². The minimum absolute atomic E-state index is 0.0935.